The van der Waals surface area contributed by atoms with Crippen molar-refractivity contribution in [3.05, 3.63) is 47.2 Å². The zero-order chi connectivity index (χ0) is 14.8. The van der Waals surface area contributed by atoms with E-state index in [0.29, 0.717) is 17.3 Å². The highest BCUT2D eigenvalue weighted by Crippen LogP contribution is 2.36. The van der Waals surface area contributed by atoms with Crippen LogP contribution < -0.4 is 5.32 Å². The first-order valence-corrected chi connectivity index (χ1v) is 7.66. The number of rotatable bonds is 3. The van der Waals surface area contributed by atoms with Gasteiger partial charge in [0.05, 0.1) is 18.2 Å². The first kappa shape index (κ1) is 14.1. The maximum atomic E-state index is 12.4. The minimum atomic E-state index is -0.247. The second-order valence-corrected chi connectivity index (χ2v) is 5.52. The molecule has 2 aliphatic rings. The van der Waals surface area contributed by atoms with E-state index in [2.05, 4.69) is 5.32 Å². The van der Waals surface area contributed by atoms with Crippen molar-refractivity contribution >= 4 is 23.3 Å². The van der Waals surface area contributed by atoms with Gasteiger partial charge < -0.3 is 15.0 Å². The maximum absolute atomic E-state index is 12.4. The Labute approximate surface area is 129 Å². The van der Waals surface area contributed by atoms with Gasteiger partial charge in [0.2, 0.25) is 0 Å². The Balaban J connectivity index is 2.07. The largest absolute Gasteiger partial charge is 0.463 e. The highest BCUT2D eigenvalue weighted by Gasteiger charge is 2.38. The van der Waals surface area contributed by atoms with Gasteiger partial charge in [0.25, 0.3) is 0 Å². The number of esters is 1. The molecule has 5 heteroatoms. The summed E-state index contributed by atoms with van der Waals surface area (Å²) in [5.74, 6) is -0.247. The molecule has 2 aliphatic heterocycles. The highest BCUT2D eigenvalue weighted by atomic mass is 32.1. The molecule has 0 saturated carbocycles. The van der Waals surface area contributed by atoms with Gasteiger partial charge in [-0.15, -0.1) is 0 Å². The number of ether oxygens (including phenoxy) is 1. The minimum absolute atomic E-state index is 0.220. The third kappa shape index (κ3) is 2.53. The number of carbonyl (C=O) groups is 1. The summed E-state index contributed by atoms with van der Waals surface area (Å²) in [6.45, 7) is 3.07. The van der Waals surface area contributed by atoms with E-state index in [1.807, 2.05) is 42.2 Å². The molecule has 0 spiro atoms. The number of hydrogen-bond donors (Lipinski definition) is 1. The van der Waals surface area contributed by atoms with Gasteiger partial charge in [0.1, 0.15) is 0 Å². The molecule has 0 aliphatic carbocycles. The fraction of sp³-hybridized carbons (Fsp3) is 0.375. The van der Waals surface area contributed by atoms with E-state index in [9.17, 15) is 4.79 Å². The zero-order valence-corrected chi connectivity index (χ0v) is 12.8. The van der Waals surface area contributed by atoms with Gasteiger partial charge in [-0.3, -0.25) is 0 Å². The van der Waals surface area contributed by atoms with E-state index in [1.165, 1.54) is 0 Å². The number of nitrogens with one attached hydrogen (secondary N) is 1. The van der Waals surface area contributed by atoms with E-state index in [0.717, 1.165) is 30.6 Å². The number of allylic oxidation sites excluding steroid dienone is 1. The van der Waals surface area contributed by atoms with Gasteiger partial charge in [-0.25, -0.2) is 4.79 Å². The molecule has 2 heterocycles. The van der Waals surface area contributed by atoms with E-state index in [4.69, 9.17) is 17.0 Å². The maximum Gasteiger partial charge on any atom is 0.338 e. The molecule has 110 valence electrons. The van der Waals surface area contributed by atoms with Crippen LogP contribution in [0.15, 0.2) is 41.6 Å². The van der Waals surface area contributed by atoms with Gasteiger partial charge in [-0.1, -0.05) is 30.3 Å². The summed E-state index contributed by atoms with van der Waals surface area (Å²) in [6, 6.07) is 9.68. The molecule has 21 heavy (non-hydrogen) atoms. The number of hydrogen-bond acceptors (Lipinski definition) is 3. The normalized spacial score (nSPS) is 21.1. The van der Waals surface area contributed by atoms with Crippen LogP contribution in [0.2, 0.25) is 0 Å². The molecule has 1 N–H and O–H groups in total. The molecule has 0 radical (unpaired) electrons. The number of carbonyl (C=O) groups excluding carboxylic acids is 1. The molecule has 0 aromatic heterocycles. The molecule has 1 saturated heterocycles. The van der Waals surface area contributed by atoms with Crippen molar-refractivity contribution in [1.29, 1.82) is 0 Å². The van der Waals surface area contributed by atoms with Gasteiger partial charge in [0.15, 0.2) is 5.11 Å². The van der Waals surface area contributed by atoms with Crippen LogP contribution in [0.25, 0.3) is 0 Å². The Morgan fingerprint density at radius 2 is 2.19 bits per heavy atom. The van der Waals surface area contributed by atoms with E-state index >= 15 is 0 Å². The lowest BCUT2D eigenvalue weighted by Gasteiger charge is -2.35. The van der Waals surface area contributed by atoms with Crippen molar-refractivity contribution in [3.8, 4) is 0 Å². The fourth-order valence-electron chi connectivity index (χ4n) is 2.96. The van der Waals surface area contributed by atoms with E-state index in [-0.39, 0.29) is 12.0 Å². The van der Waals surface area contributed by atoms with Crippen LogP contribution in [0.5, 0.6) is 0 Å². The predicted molar refractivity (Wildman–Crippen MR) is 84.5 cm³/mol. The molecule has 1 fully saturated rings. The van der Waals surface area contributed by atoms with Gasteiger partial charge >= 0.3 is 5.97 Å². The summed E-state index contributed by atoms with van der Waals surface area (Å²) in [5.41, 5.74) is 2.75. The van der Waals surface area contributed by atoms with Crippen LogP contribution in [0.4, 0.5) is 0 Å². The van der Waals surface area contributed by atoms with Crippen LogP contribution in [-0.4, -0.2) is 29.1 Å². The van der Waals surface area contributed by atoms with Crippen LogP contribution in [0.1, 0.15) is 31.4 Å². The first-order chi connectivity index (χ1) is 10.2. The van der Waals surface area contributed by atoms with Crippen LogP contribution in [0.3, 0.4) is 0 Å². The summed E-state index contributed by atoms with van der Waals surface area (Å²) in [5, 5.41) is 3.99. The third-order valence-electron chi connectivity index (χ3n) is 3.86. The lowest BCUT2D eigenvalue weighted by molar-refractivity contribution is -0.139. The second-order valence-electron chi connectivity index (χ2n) is 5.13. The van der Waals surface area contributed by atoms with Gasteiger partial charge in [-0.2, -0.15) is 0 Å². The lowest BCUT2D eigenvalue weighted by Crippen LogP contribution is -2.46. The van der Waals surface area contributed by atoms with E-state index < -0.39 is 0 Å². The van der Waals surface area contributed by atoms with E-state index in [1.54, 1.807) is 0 Å². The number of fused-ring (bicyclic) bond motifs is 1. The molecule has 1 aromatic rings. The number of benzene rings is 1. The molecule has 0 amide bonds. The molecule has 3 rings (SSSR count). The summed E-state index contributed by atoms with van der Waals surface area (Å²) in [4.78, 5) is 14.5. The van der Waals surface area contributed by atoms with Crippen molar-refractivity contribution in [3.63, 3.8) is 0 Å². The molecule has 1 atom stereocenters. The number of thiocarbonyl (C=S) groups is 1. The van der Waals surface area contributed by atoms with Crippen molar-refractivity contribution in [1.82, 2.24) is 10.2 Å². The Morgan fingerprint density at radius 1 is 1.43 bits per heavy atom. The van der Waals surface area contributed by atoms with Gasteiger partial charge in [-0.05, 0) is 37.5 Å². The predicted octanol–water partition coefficient (Wildman–Crippen LogP) is 2.53. The number of nitrogens with zero attached hydrogens (tertiary/aromatic N) is 1. The summed E-state index contributed by atoms with van der Waals surface area (Å²) in [7, 11) is 0. The fourth-order valence-corrected chi connectivity index (χ4v) is 3.28. The standard InChI is InChI=1S/C16H18N2O2S/c1-2-20-15(19)13-12-9-6-10-18(12)16(21)17-14(13)11-7-4-3-5-8-11/h3-5,7-8,14H,2,6,9-10H2,1H3,(H,17,21). The quantitative estimate of drug-likeness (QED) is 0.686. The Morgan fingerprint density at radius 3 is 2.90 bits per heavy atom. The Hall–Kier alpha value is -1.88. The first-order valence-electron chi connectivity index (χ1n) is 7.25. The molecule has 4 nitrogen and oxygen atoms in total. The molecule has 0 bridgehead atoms. The summed E-state index contributed by atoms with van der Waals surface area (Å²) < 4.78 is 5.27. The second kappa shape index (κ2) is 5.85. The highest BCUT2D eigenvalue weighted by molar-refractivity contribution is 7.80. The van der Waals surface area contributed by atoms with Crippen LogP contribution >= 0.6 is 12.2 Å². The SMILES string of the molecule is CCOC(=O)C1=C2CCCN2C(=S)NC1c1ccccc1. The molecular weight excluding hydrogens is 284 g/mol. The lowest BCUT2D eigenvalue weighted by atomic mass is 9.94. The van der Waals surface area contributed by atoms with Gasteiger partial charge in [0, 0.05) is 12.2 Å². The topological polar surface area (TPSA) is 41.6 Å². The monoisotopic (exact) mass is 302 g/mol. The molecular formula is C16H18N2O2S. The van der Waals surface area contributed by atoms with Crippen molar-refractivity contribution in [2.24, 2.45) is 0 Å². The third-order valence-corrected chi connectivity index (χ3v) is 4.20. The van der Waals surface area contributed by atoms with Crippen molar-refractivity contribution in [2.75, 3.05) is 13.2 Å². The average Bonchev–Trinajstić information content (AvgIpc) is 2.98. The summed E-state index contributed by atoms with van der Waals surface area (Å²) in [6.07, 6.45) is 1.89. The minimum Gasteiger partial charge on any atom is -0.463 e. The molecule has 1 aromatic carbocycles. The average molecular weight is 302 g/mol. The van der Waals surface area contributed by atoms with Crippen molar-refractivity contribution < 1.29 is 9.53 Å². The zero-order valence-electron chi connectivity index (χ0n) is 12.0. The Bertz CT molecular complexity index is 598. The van der Waals surface area contributed by atoms with Crippen LogP contribution in [0, 0.1) is 0 Å². The van der Waals surface area contributed by atoms with Crippen molar-refractivity contribution in [2.45, 2.75) is 25.8 Å². The summed E-state index contributed by atoms with van der Waals surface area (Å²) >= 11 is 5.45. The smallest absolute Gasteiger partial charge is 0.338 e. The molecule has 1 unspecified atom stereocenters. The Kier molecular flexibility index (Phi) is 3.92. The van der Waals surface area contributed by atoms with Crippen LogP contribution in [-0.2, 0) is 9.53 Å².